The topological polar surface area (TPSA) is 71.5 Å². The average molecular weight is 277 g/mol. The maximum absolute atomic E-state index is 11.4. The zero-order chi connectivity index (χ0) is 14.5. The highest BCUT2D eigenvalue weighted by Crippen LogP contribution is 2.23. The van der Waals surface area contributed by atoms with Gasteiger partial charge in [-0.2, -0.15) is 0 Å². The van der Waals surface area contributed by atoms with Crippen molar-refractivity contribution in [3.63, 3.8) is 0 Å². The van der Waals surface area contributed by atoms with Crippen LogP contribution in [0.5, 0.6) is 0 Å². The normalized spacial score (nSPS) is 14.8. The monoisotopic (exact) mass is 277 g/mol. The molecule has 1 saturated heterocycles. The molecule has 0 saturated carbocycles. The standard InChI is InChI=1S/C14H19N3O3/c1-10-8-11(16-13(18)14(19)20-2)9-15-12(10)17-6-4-3-5-7-17/h8-9H,3-7H2,1-2H3,(H,16,18). The Morgan fingerprint density at radius 2 is 2.00 bits per heavy atom. The number of hydrogen-bond donors (Lipinski definition) is 1. The highest BCUT2D eigenvalue weighted by Gasteiger charge is 2.17. The molecule has 1 fully saturated rings. The van der Waals surface area contributed by atoms with E-state index in [0.717, 1.165) is 24.5 Å². The molecule has 0 spiro atoms. The molecule has 2 rings (SSSR count). The third kappa shape index (κ3) is 3.26. The van der Waals surface area contributed by atoms with Crippen LogP contribution in [-0.2, 0) is 14.3 Å². The van der Waals surface area contributed by atoms with Gasteiger partial charge >= 0.3 is 11.9 Å². The number of carbonyl (C=O) groups is 2. The summed E-state index contributed by atoms with van der Waals surface area (Å²) in [5.41, 5.74) is 1.48. The van der Waals surface area contributed by atoms with Crippen LogP contribution in [0.2, 0.25) is 0 Å². The number of ether oxygens (including phenoxy) is 1. The van der Waals surface area contributed by atoms with Crippen LogP contribution < -0.4 is 10.2 Å². The minimum absolute atomic E-state index is 0.499. The summed E-state index contributed by atoms with van der Waals surface area (Å²) < 4.78 is 4.35. The van der Waals surface area contributed by atoms with Gasteiger partial charge in [-0.1, -0.05) is 0 Å². The molecule has 1 aliphatic heterocycles. The van der Waals surface area contributed by atoms with E-state index < -0.39 is 11.9 Å². The third-order valence-corrected chi connectivity index (χ3v) is 3.33. The molecule has 1 amide bonds. The molecule has 0 atom stereocenters. The number of methoxy groups -OCH3 is 1. The zero-order valence-corrected chi connectivity index (χ0v) is 11.8. The van der Waals surface area contributed by atoms with Crippen LogP contribution in [0.3, 0.4) is 0 Å². The van der Waals surface area contributed by atoms with Gasteiger partial charge in [-0.3, -0.25) is 4.79 Å². The number of hydrogen-bond acceptors (Lipinski definition) is 5. The van der Waals surface area contributed by atoms with Gasteiger partial charge in [0.2, 0.25) is 0 Å². The predicted molar refractivity (Wildman–Crippen MR) is 75.7 cm³/mol. The van der Waals surface area contributed by atoms with E-state index in [4.69, 9.17) is 0 Å². The Hall–Kier alpha value is -2.11. The lowest BCUT2D eigenvalue weighted by atomic mass is 10.1. The Bertz CT molecular complexity index is 510. The summed E-state index contributed by atoms with van der Waals surface area (Å²) in [5, 5.41) is 2.47. The number of aryl methyl sites for hydroxylation is 1. The largest absolute Gasteiger partial charge is 0.462 e. The SMILES string of the molecule is COC(=O)C(=O)Nc1cnc(N2CCCCC2)c(C)c1. The van der Waals surface area contributed by atoms with Crippen LogP contribution in [0.25, 0.3) is 0 Å². The number of carbonyl (C=O) groups excluding carboxylic acids is 2. The molecule has 1 aliphatic rings. The number of aromatic nitrogens is 1. The second kappa shape index (κ2) is 6.36. The summed E-state index contributed by atoms with van der Waals surface area (Å²) in [6, 6.07) is 1.82. The average Bonchev–Trinajstić information content (AvgIpc) is 2.47. The Morgan fingerprint density at radius 1 is 1.30 bits per heavy atom. The molecule has 108 valence electrons. The Morgan fingerprint density at radius 3 is 2.60 bits per heavy atom. The number of esters is 1. The molecule has 6 nitrogen and oxygen atoms in total. The van der Waals surface area contributed by atoms with Crippen molar-refractivity contribution >= 4 is 23.4 Å². The number of nitrogens with zero attached hydrogens (tertiary/aromatic N) is 2. The number of rotatable bonds is 2. The predicted octanol–water partition coefficient (Wildman–Crippen LogP) is 1.49. The van der Waals surface area contributed by atoms with E-state index in [1.54, 1.807) is 6.20 Å². The van der Waals surface area contributed by atoms with Crippen LogP contribution in [0.15, 0.2) is 12.3 Å². The van der Waals surface area contributed by atoms with Gasteiger partial charge in [-0.05, 0) is 37.8 Å². The zero-order valence-electron chi connectivity index (χ0n) is 11.8. The van der Waals surface area contributed by atoms with Gasteiger partial charge in [-0.15, -0.1) is 0 Å². The lowest BCUT2D eigenvalue weighted by Crippen LogP contribution is -2.31. The molecule has 0 aliphatic carbocycles. The highest BCUT2D eigenvalue weighted by molar-refractivity contribution is 6.37. The number of nitrogens with one attached hydrogen (secondary N) is 1. The van der Waals surface area contributed by atoms with Crippen molar-refractivity contribution in [1.29, 1.82) is 0 Å². The minimum atomic E-state index is -0.914. The van der Waals surface area contributed by atoms with E-state index in [1.165, 1.54) is 26.4 Å². The van der Waals surface area contributed by atoms with E-state index in [0.29, 0.717) is 5.69 Å². The van der Waals surface area contributed by atoms with Crippen LogP contribution in [-0.4, -0.2) is 37.1 Å². The van der Waals surface area contributed by atoms with Crippen molar-refractivity contribution in [2.24, 2.45) is 0 Å². The van der Waals surface area contributed by atoms with E-state index in [9.17, 15) is 9.59 Å². The summed E-state index contributed by atoms with van der Waals surface area (Å²) in [7, 11) is 1.17. The highest BCUT2D eigenvalue weighted by atomic mass is 16.5. The first-order chi connectivity index (χ1) is 9.61. The van der Waals surface area contributed by atoms with E-state index >= 15 is 0 Å². The first-order valence-corrected chi connectivity index (χ1v) is 6.72. The number of anilines is 2. The van der Waals surface area contributed by atoms with Gasteiger partial charge in [0.05, 0.1) is 19.0 Å². The van der Waals surface area contributed by atoms with Crippen LogP contribution in [0, 0.1) is 6.92 Å². The van der Waals surface area contributed by atoms with Crippen LogP contribution in [0.4, 0.5) is 11.5 Å². The van der Waals surface area contributed by atoms with Crippen molar-refractivity contribution < 1.29 is 14.3 Å². The molecule has 1 aromatic heterocycles. The summed E-state index contributed by atoms with van der Waals surface area (Å²) in [5.74, 6) is -0.761. The summed E-state index contributed by atoms with van der Waals surface area (Å²) in [4.78, 5) is 29.1. The molecular formula is C14H19N3O3. The first kappa shape index (κ1) is 14.3. The first-order valence-electron chi connectivity index (χ1n) is 6.72. The number of pyridine rings is 1. The molecule has 1 aromatic rings. The van der Waals surface area contributed by atoms with Crippen molar-refractivity contribution in [3.8, 4) is 0 Å². The van der Waals surface area contributed by atoms with E-state index in [2.05, 4.69) is 19.9 Å². The van der Waals surface area contributed by atoms with Crippen molar-refractivity contribution in [1.82, 2.24) is 4.98 Å². The summed E-state index contributed by atoms with van der Waals surface area (Å²) in [6.07, 6.45) is 5.20. The second-order valence-electron chi connectivity index (χ2n) is 4.86. The summed E-state index contributed by atoms with van der Waals surface area (Å²) in [6.45, 7) is 3.98. The van der Waals surface area contributed by atoms with Crippen molar-refractivity contribution in [2.45, 2.75) is 26.2 Å². The molecule has 0 unspecified atom stereocenters. The quantitative estimate of drug-likeness (QED) is 0.655. The Labute approximate surface area is 118 Å². The maximum atomic E-state index is 11.4. The Kier molecular flexibility index (Phi) is 4.55. The van der Waals surface area contributed by atoms with E-state index in [-0.39, 0.29) is 0 Å². The minimum Gasteiger partial charge on any atom is -0.462 e. The van der Waals surface area contributed by atoms with Gasteiger partial charge in [0.15, 0.2) is 0 Å². The number of amides is 1. The van der Waals surface area contributed by atoms with Gasteiger partial charge in [0.1, 0.15) is 5.82 Å². The molecule has 0 bridgehead atoms. The fraction of sp³-hybridized carbons (Fsp3) is 0.500. The molecular weight excluding hydrogens is 258 g/mol. The molecule has 0 aromatic carbocycles. The fourth-order valence-electron chi connectivity index (χ4n) is 2.35. The van der Waals surface area contributed by atoms with Gasteiger partial charge in [0, 0.05) is 13.1 Å². The number of piperidine rings is 1. The van der Waals surface area contributed by atoms with Gasteiger partial charge in [-0.25, -0.2) is 9.78 Å². The maximum Gasteiger partial charge on any atom is 0.396 e. The second-order valence-corrected chi connectivity index (χ2v) is 4.86. The van der Waals surface area contributed by atoms with Crippen molar-refractivity contribution in [3.05, 3.63) is 17.8 Å². The molecule has 1 N–H and O–H groups in total. The molecule has 20 heavy (non-hydrogen) atoms. The fourth-order valence-corrected chi connectivity index (χ4v) is 2.35. The van der Waals surface area contributed by atoms with Gasteiger partial charge < -0.3 is 15.0 Å². The van der Waals surface area contributed by atoms with Gasteiger partial charge in [0.25, 0.3) is 0 Å². The van der Waals surface area contributed by atoms with Crippen LogP contribution >= 0.6 is 0 Å². The van der Waals surface area contributed by atoms with E-state index in [1.807, 2.05) is 13.0 Å². The molecule has 0 radical (unpaired) electrons. The lowest BCUT2D eigenvalue weighted by molar-refractivity contribution is -0.150. The third-order valence-electron chi connectivity index (χ3n) is 3.33. The smallest absolute Gasteiger partial charge is 0.396 e. The lowest BCUT2D eigenvalue weighted by Gasteiger charge is -2.29. The summed E-state index contributed by atoms with van der Waals surface area (Å²) >= 11 is 0. The Balaban J connectivity index is 2.09. The molecule has 2 heterocycles. The molecule has 6 heteroatoms. The van der Waals surface area contributed by atoms with Crippen molar-refractivity contribution in [2.75, 3.05) is 30.4 Å². The van der Waals surface area contributed by atoms with Crippen LogP contribution in [0.1, 0.15) is 24.8 Å².